The number of carbonyl (C=O) groups excluding carboxylic acids is 1. The monoisotopic (exact) mass is 390 g/mol. The summed E-state index contributed by atoms with van der Waals surface area (Å²) in [7, 11) is 0. The lowest BCUT2D eigenvalue weighted by atomic mass is 9.95. The van der Waals surface area contributed by atoms with E-state index in [9.17, 15) is 4.79 Å². The van der Waals surface area contributed by atoms with Gasteiger partial charge in [0.2, 0.25) is 5.91 Å². The van der Waals surface area contributed by atoms with Crippen LogP contribution in [0.15, 0.2) is 22.7 Å². The topological polar surface area (TPSA) is 59.8 Å². The van der Waals surface area contributed by atoms with E-state index in [2.05, 4.69) is 37.6 Å². The number of hydrogen-bond donors (Lipinski definition) is 1. The van der Waals surface area contributed by atoms with Crippen LogP contribution >= 0.6 is 23.1 Å². The first kappa shape index (κ1) is 18.0. The Balaban J connectivity index is 1.54. The summed E-state index contributed by atoms with van der Waals surface area (Å²) in [5.41, 5.74) is 0. The van der Waals surface area contributed by atoms with Crippen molar-refractivity contribution in [2.24, 2.45) is 0 Å². The van der Waals surface area contributed by atoms with Crippen LogP contribution < -0.4 is 5.32 Å². The van der Waals surface area contributed by atoms with Crippen molar-refractivity contribution in [1.29, 1.82) is 0 Å². The number of thiophene rings is 1. The Kier molecular flexibility index (Phi) is 5.64. The van der Waals surface area contributed by atoms with Gasteiger partial charge in [-0.1, -0.05) is 37.1 Å². The van der Waals surface area contributed by atoms with Crippen molar-refractivity contribution < 1.29 is 4.79 Å². The highest BCUT2D eigenvalue weighted by Crippen LogP contribution is 2.34. The third-order valence-corrected chi connectivity index (χ3v) is 7.10. The molecular weight excluding hydrogens is 364 g/mol. The van der Waals surface area contributed by atoms with Crippen molar-refractivity contribution in [2.45, 2.75) is 80.8 Å². The Bertz CT molecular complexity index is 733. The van der Waals surface area contributed by atoms with Gasteiger partial charge in [0.15, 0.2) is 5.16 Å². The molecule has 2 aromatic heterocycles. The quantitative estimate of drug-likeness (QED) is 0.720. The molecule has 7 heteroatoms. The molecule has 1 atom stereocenters. The van der Waals surface area contributed by atoms with Gasteiger partial charge in [0.25, 0.3) is 0 Å². The zero-order chi connectivity index (χ0) is 17.9. The summed E-state index contributed by atoms with van der Waals surface area (Å²) >= 11 is 3.32. The lowest BCUT2D eigenvalue weighted by molar-refractivity contribution is -0.120. The molecule has 140 valence electrons. The number of amides is 1. The average Bonchev–Trinajstić information content (AvgIpc) is 3.16. The van der Waals surface area contributed by atoms with E-state index in [1.165, 1.54) is 37.0 Å². The average molecular weight is 391 g/mol. The summed E-state index contributed by atoms with van der Waals surface area (Å²) in [5.74, 6) is 1.16. The number of carbonyl (C=O) groups is 1. The van der Waals surface area contributed by atoms with Gasteiger partial charge in [-0.05, 0) is 44.1 Å². The van der Waals surface area contributed by atoms with Gasteiger partial charge in [0, 0.05) is 23.4 Å². The summed E-state index contributed by atoms with van der Waals surface area (Å²) in [6.45, 7) is 1.97. The Morgan fingerprint density at radius 2 is 2.12 bits per heavy atom. The van der Waals surface area contributed by atoms with Crippen molar-refractivity contribution in [2.75, 3.05) is 0 Å². The minimum Gasteiger partial charge on any atom is -0.352 e. The zero-order valence-corrected chi connectivity index (χ0v) is 16.8. The summed E-state index contributed by atoms with van der Waals surface area (Å²) in [5, 5.41) is 15.0. The van der Waals surface area contributed by atoms with Crippen molar-refractivity contribution in [1.82, 2.24) is 20.1 Å². The number of nitrogens with one attached hydrogen (secondary N) is 1. The predicted molar refractivity (Wildman–Crippen MR) is 106 cm³/mol. The maximum atomic E-state index is 12.4. The highest BCUT2D eigenvalue weighted by molar-refractivity contribution is 8.00. The van der Waals surface area contributed by atoms with E-state index < -0.39 is 0 Å². The predicted octanol–water partition coefficient (Wildman–Crippen LogP) is 4.19. The maximum Gasteiger partial charge on any atom is 0.233 e. The minimum atomic E-state index is -0.142. The van der Waals surface area contributed by atoms with E-state index in [-0.39, 0.29) is 11.2 Å². The van der Waals surface area contributed by atoms with Gasteiger partial charge in [-0.15, -0.1) is 21.5 Å². The minimum absolute atomic E-state index is 0.121. The fraction of sp³-hybridized carbons (Fsp3) is 0.632. The fourth-order valence-corrected chi connectivity index (χ4v) is 5.19. The maximum absolute atomic E-state index is 12.4. The molecule has 1 N–H and O–H groups in total. The van der Waals surface area contributed by atoms with Gasteiger partial charge < -0.3 is 9.88 Å². The second-order valence-electron chi connectivity index (χ2n) is 7.36. The first-order valence-corrected chi connectivity index (χ1v) is 11.4. The molecule has 0 spiro atoms. The molecule has 2 aromatic rings. The summed E-state index contributed by atoms with van der Waals surface area (Å²) in [4.78, 5) is 13.7. The van der Waals surface area contributed by atoms with Gasteiger partial charge in [0.1, 0.15) is 5.82 Å². The standard InChI is InChI=1S/C19H26N4OS2/c1-13(18(24)20-14-9-10-14)26-19-22-21-17(12-16-8-5-11-25-16)23(19)15-6-3-2-4-7-15/h5,8,11,13-15H,2-4,6-7,9-10,12H2,1H3,(H,20,24)/t13-/m0/s1. The Hall–Kier alpha value is -1.34. The molecule has 2 aliphatic rings. The van der Waals surface area contributed by atoms with Gasteiger partial charge in [-0.25, -0.2) is 0 Å². The second-order valence-corrected chi connectivity index (χ2v) is 9.70. The molecule has 2 fully saturated rings. The van der Waals surface area contributed by atoms with Gasteiger partial charge in [-0.3, -0.25) is 4.79 Å². The molecular formula is C19H26N4OS2. The van der Waals surface area contributed by atoms with Crippen LogP contribution in [0.4, 0.5) is 0 Å². The van der Waals surface area contributed by atoms with Crippen LogP contribution in [0, 0.1) is 0 Å². The third-order valence-electron chi connectivity index (χ3n) is 5.16. The second kappa shape index (κ2) is 8.13. The zero-order valence-electron chi connectivity index (χ0n) is 15.2. The lowest BCUT2D eigenvalue weighted by Crippen LogP contribution is -2.32. The molecule has 0 saturated heterocycles. The number of nitrogens with zero attached hydrogens (tertiary/aromatic N) is 3. The number of rotatable bonds is 7. The van der Waals surface area contributed by atoms with E-state index in [1.807, 2.05) is 6.92 Å². The highest BCUT2D eigenvalue weighted by atomic mass is 32.2. The molecule has 0 bridgehead atoms. The van der Waals surface area contributed by atoms with Crippen LogP contribution in [0.2, 0.25) is 0 Å². The molecule has 0 aliphatic heterocycles. The van der Waals surface area contributed by atoms with E-state index in [0.29, 0.717) is 12.1 Å². The molecule has 1 amide bonds. The third kappa shape index (κ3) is 4.31. The molecule has 26 heavy (non-hydrogen) atoms. The summed E-state index contributed by atoms with van der Waals surface area (Å²) in [6, 6.07) is 5.11. The van der Waals surface area contributed by atoms with E-state index in [0.717, 1.165) is 30.2 Å². The van der Waals surface area contributed by atoms with Crippen LogP contribution in [0.1, 0.15) is 68.6 Å². The molecule has 0 radical (unpaired) electrons. The van der Waals surface area contributed by atoms with Crippen molar-refractivity contribution in [3.05, 3.63) is 28.2 Å². The fourth-order valence-electron chi connectivity index (χ4n) is 3.54. The summed E-state index contributed by atoms with van der Waals surface area (Å²) < 4.78 is 2.34. The van der Waals surface area contributed by atoms with Crippen LogP contribution in [0.25, 0.3) is 0 Å². The van der Waals surface area contributed by atoms with Crippen molar-refractivity contribution in [3.63, 3.8) is 0 Å². The van der Waals surface area contributed by atoms with Crippen LogP contribution in [-0.4, -0.2) is 32.0 Å². The van der Waals surface area contributed by atoms with Crippen LogP contribution in [-0.2, 0) is 11.2 Å². The van der Waals surface area contributed by atoms with Gasteiger partial charge in [-0.2, -0.15) is 0 Å². The smallest absolute Gasteiger partial charge is 0.233 e. The molecule has 0 aromatic carbocycles. The SMILES string of the molecule is C[C@H](Sc1nnc(Cc2cccs2)n1C1CCCCC1)C(=O)NC1CC1. The van der Waals surface area contributed by atoms with E-state index in [4.69, 9.17) is 0 Å². The molecule has 2 heterocycles. The number of aromatic nitrogens is 3. The Labute approximate surface area is 163 Å². The molecule has 2 saturated carbocycles. The van der Waals surface area contributed by atoms with Gasteiger partial charge in [0.05, 0.1) is 5.25 Å². The molecule has 0 unspecified atom stereocenters. The normalized spacial score (nSPS) is 19.4. The van der Waals surface area contributed by atoms with Gasteiger partial charge >= 0.3 is 0 Å². The number of thioether (sulfide) groups is 1. The summed E-state index contributed by atoms with van der Waals surface area (Å²) in [6.07, 6.45) is 9.29. The molecule has 4 rings (SSSR count). The molecule has 2 aliphatic carbocycles. The largest absolute Gasteiger partial charge is 0.352 e. The van der Waals surface area contributed by atoms with Crippen LogP contribution in [0.3, 0.4) is 0 Å². The van der Waals surface area contributed by atoms with E-state index in [1.54, 1.807) is 23.1 Å². The Morgan fingerprint density at radius 3 is 2.81 bits per heavy atom. The lowest BCUT2D eigenvalue weighted by Gasteiger charge is -2.26. The van der Waals surface area contributed by atoms with Crippen LogP contribution in [0.5, 0.6) is 0 Å². The number of hydrogen-bond acceptors (Lipinski definition) is 5. The first-order chi connectivity index (χ1) is 12.7. The van der Waals surface area contributed by atoms with Crippen molar-refractivity contribution >= 4 is 29.0 Å². The first-order valence-electron chi connectivity index (χ1n) is 9.64. The van der Waals surface area contributed by atoms with Crippen molar-refractivity contribution in [3.8, 4) is 0 Å². The Morgan fingerprint density at radius 1 is 1.31 bits per heavy atom. The highest BCUT2D eigenvalue weighted by Gasteiger charge is 2.29. The molecule has 5 nitrogen and oxygen atoms in total. The van der Waals surface area contributed by atoms with E-state index >= 15 is 0 Å².